The maximum atomic E-state index is 13.6. The number of rotatable bonds is 6. The maximum absolute atomic E-state index is 13.6. The fourth-order valence-corrected chi connectivity index (χ4v) is 5.48. The van der Waals surface area contributed by atoms with Crippen LogP contribution >= 0.6 is 22.9 Å². The third kappa shape index (κ3) is 4.59. The molecule has 38 heavy (non-hydrogen) atoms. The van der Waals surface area contributed by atoms with Crippen molar-refractivity contribution in [2.45, 2.75) is 19.9 Å². The van der Waals surface area contributed by atoms with Crippen LogP contribution in [0.3, 0.4) is 0 Å². The van der Waals surface area contributed by atoms with E-state index in [9.17, 15) is 19.7 Å². The van der Waals surface area contributed by atoms with Gasteiger partial charge in [0.2, 0.25) is 0 Å². The average Bonchev–Trinajstić information content (AvgIpc) is 3.48. The van der Waals surface area contributed by atoms with Crippen LogP contribution in [0.25, 0.3) is 17.4 Å². The smallest absolute Gasteiger partial charge is 0.338 e. The molecule has 3 heterocycles. The Balaban J connectivity index is 1.61. The highest BCUT2D eigenvalue weighted by Gasteiger charge is 2.33. The Morgan fingerprint density at radius 3 is 2.71 bits per heavy atom. The molecule has 0 bridgehead atoms. The van der Waals surface area contributed by atoms with Crippen molar-refractivity contribution < 1.29 is 18.9 Å². The van der Waals surface area contributed by atoms with Gasteiger partial charge in [0.25, 0.3) is 11.2 Å². The van der Waals surface area contributed by atoms with Crippen molar-refractivity contribution in [3.63, 3.8) is 0 Å². The number of aromatic nitrogens is 1. The predicted octanol–water partition coefficient (Wildman–Crippen LogP) is 4.62. The lowest BCUT2D eigenvalue weighted by molar-refractivity contribution is -0.384. The first-order valence-electron chi connectivity index (χ1n) is 11.6. The zero-order valence-electron chi connectivity index (χ0n) is 20.2. The Labute approximate surface area is 224 Å². The second kappa shape index (κ2) is 10.2. The molecular weight excluding hydrogens is 530 g/mol. The Kier molecular flexibility index (Phi) is 6.83. The summed E-state index contributed by atoms with van der Waals surface area (Å²) in [5.41, 5.74) is 1.44. The predicted molar refractivity (Wildman–Crippen MR) is 143 cm³/mol. The number of fused-ring (bicyclic) bond motifs is 1. The van der Waals surface area contributed by atoms with Crippen LogP contribution in [0.5, 0.6) is 0 Å². The number of halogens is 1. The first-order valence-corrected chi connectivity index (χ1v) is 12.8. The zero-order chi connectivity index (χ0) is 27.0. The van der Waals surface area contributed by atoms with Gasteiger partial charge < -0.3 is 9.15 Å². The van der Waals surface area contributed by atoms with Crippen LogP contribution in [-0.4, -0.2) is 22.1 Å². The second-order valence-electron chi connectivity index (χ2n) is 8.34. The molecule has 4 aromatic rings. The van der Waals surface area contributed by atoms with Crippen molar-refractivity contribution in [1.29, 1.82) is 0 Å². The normalized spacial score (nSPS) is 15.2. The first-order chi connectivity index (χ1) is 18.3. The summed E-state index contributed by atoms with van der Waals surface area (Å²) in [4.78, 5) is 42.2. The molecule has 0 radical (unpaired) electrons. The number of hydrogen-bond donors (Lipinski definition) is 0. The van der Waals surface area contributed by atoms with Gasteiger partial charge in [-0.3, -0.25) is 19.5 Å². The van der Waals surface area contributed by atoms with Crippen molar-refractivity contribution in [3.8, 4) is 11.3 Å². The standard InChI is InChI=1S/C27H20ClN3O6S/c1-3-36-26(33)23-15(2)29-27-30(24(23)16-7-5-4-6-8-16)25(32)22(38-27)14-18-10-12-21(37-18)17-9-11-19(28)20(13-17)31(34)35/h4-14,24H,3H2,1-2H3/b22-14-/t24-/m0/s1. The molecular formula is C27H20ClN3O6S. The number of benzene rings is 2. The van der Waals surface area contributed by atoms with Crippen LogP contribution in [0.15, 0.2) is 86.1 Å². The minimum absolute atomic E-state index is 0.0251. The van der Waals surface area contributed by atoms with Crippen molar-refractivity contribution in [2.75, 3.05) is 6.61 Å². The van der Waals surface area contributed by atoms with E-state index in [4.69, 9.17) is 20.8 Å². The van der Waals surface area contributed by atoms with E-state index in [2.05, 4.69) is 4.99 Å². The van der Waals surface area contributed by atoms with Gasteiger partial charge in [-0.25, -0.2) is 9.79 Å². The van der Waals surface area contributed by atoms with E-state index >= 15 is 0 Å². The number of nitro groups is 1. The van der Waals surface area contributed by atoms with E-state index in [-0.39, 0.29) is 22.9 Å². The molecule has 0 spiro atoms. The number of carbonyl (C=O) groups excluding carboxylic acids is 1. The number of carbonyl (C=O) groups is 1. The summed E-state index contributed by atoms with van der Waals surface area (Å²) >= 11 is 7.09. The van der Waals surface area contributed by atoms with Crippen molar-refractivity contribution in [2.24, 2.45) is 4.99 Å². The summed E-state index contributed by atoms with van der Waals surface area (Å²) in [6.07, 6.45) is 1.59. The third-order valence-electron chi connectivity index (χ3n) is 5.96. The van der Waals surface area contributed by atoms with Gasteiger partial charge in [0, 0.05) is 17.7 Å². The number of nitrogens with zero attached hydrogens (tertiary/aromatic N) is 3. The number of thiazole rings is 1. The summed E-state index contributed by atoms with van der Waals surface area (Å²) in [6.45, 7) is 3.64. The molecule has 0 saturated carbocycles. The number of hydrogen-bond acceptors (Lipinski definition) is 8. The highest BCUT2D eigenvalue weighted by molar-refractivity contribution is 7.07. The van der Waals surface area contributed by atoms with Crippen LogP contribution < -0.4 is 14.9 Å². The zero-order valence-corrected chi connectivity index (χ0v) is 21.8. The van der Waals surface area contributed by atoms with Crippen molar-refractivity contribution in [1.82, 2.24) is 4.57 Å². The van der Waals surface area contributed by atoms with E-state index < -0.39 is 16.9 Å². The molecule has 1 atom stereocenters. The van der Waals surface area contributed by atoms with Crippen LogP contribution in [0.4, 0.5) is 5.69 Å². The summed E-state index contributed by atoms with van der Waals surface area (Å²) < 4.78 is 13.0. The van der Waals surface area contributed by atoms with E-state index in [1.807, 2.05) is 30.3 Å². The fourth-order valence-electron chi connectivity index (χ4n) is 4.26. The van der Waals surface area contributed by atoms with E-state index in [1.165, 1.54) is 28.0 Å². The SMILES string of the molecule is CCOC(=O)C1=C(C)N=c2s/c(=C\c3ccc(-c4ccc(Cl)c([N+](=O)[O-])c4)o3)c(=O)n2[C@H]1c1ccccc1. The highest BCUT2D eigenvalue weighted by Crippen LogP contribution is 2.32. The lowest BCUT2D eigenvalue weighted by Gasteiger charge is -2.24. The number of allylic oxidation sites excluding steroid dienone is 1. The Morgan fingerprint density at radius 1 is 1.24 bits per heavy atom. The lowest BCUT2D eigenvalue weighted by Crippen LogP contribution is -2.39. The molecule has 11 heteroatoms. The third-order valence-corrected chi connectivity index (χ3v) is 7.26. The van der Waals surface area contributed by atoms with Gasteiger partial charge >= 0.3 is 5.97 Å². The molecule has 0 amide bonds. The molecule has 5 rings (SSSR count). The van der Waals surface area contributed by atoms with Gasteiger partial charge in [0.15, 0.2) is 4.80 Å². The minimum atomic E-state index is -0.699. The van der Waals surface area contributed by atoms with Crippen LogP contribution in [0.2, 0.25) is 5.02 Å². The second-order valence-corrected chi connectivity index (χ2v) is 9.75. The van der Waals surface area contributed by atoms with E-state index in [0.29, 0.717) is 37.7 Å². The Hall–Kier alpha value is -4.28. The van der Waals surface area contributed by atoms with Gasteiger partial charge in [-0.05, 0) is 43.7 Å². The van der Waals surface area contributed by atoms with Gasteiger partial charge in [0.1, 0.15) is 16.5 Å². The Bertz CT molecular complexity index is 1780. The maximum Gasteiger partial charge on any atom is 0.338 e. The molecule has 0 aliphatic carbocycles. The molecule has 2 aromatic carbocycles. The quantitative estimate of drug-likeness (QED) is 0.197. The van der Waals surface area contributed by atoms with Gasteiger partial charge in [-0.1, -0.05) is 53.3 Å². The van der Waals surface area contributed by atoms with Crippen LogP contribution in [0, 0.1) is 10.1 Å². The van der Waals surface area contributed by atoms with Crippen LogP contribution in [0.1, 0.15) is 31.2 Å². The summed E-state index contributed by atoms with van der Waals surface area (Å²) in [5, 5.41) is 11.3. The summed E-state index contributed by atoms with van der Waals surface area (Å²) in [6, 6.07) is 16.3. The van der Waals surface area contributed by atoms with Gasteiger partial charge in [-0.2, -0.15) is 0 Å². The van der Waals surface area contributed by atoms with Gasteiger partial charge in [0.05, 0.1) is 33.4 Å². The molecule has 1 aliphatic rings. The van der Waals surface area contributed by atoms with E-state index in [1.54, 1.807) is 38.1 Å². The van der Waals surface area contributed by atoms with Gasteiger partial charge in [-0.15, -0.1) is 0 Å². The number of furan rings is 1. The van der Waals surface area contributed by atoms with Crippen molar-refractivity contribution >= 4 is 40.7 Å². The number of ether oxygens (including phenoxy) is 1. The topological polar surface area (TPSA) is 117 Å². The molecule has 192 valence electrons. The molecule has 0 fully saturated rings. The minimum Gasteiger partial charge on any atom is -0.463 e. The fraction of sp³-hybridized carbons (Fsp3) is 0.148. The molecule has 0 saturated heterocycles. The monoisotopic (exact) mass is 549 g/mol. The summed E-state index contributed by atoms with van der Waals surface area (Å²) in [7, 11) is 0. The molecule has 0 N–H and O–H groups in total. The molecule has 1 aliphatic heterocycles. The number of nitro benzene ring substituents is 1. The van der Waals surface area contributed by atoms with Crippen molar-refractivity contribution in [3.05, 3.63) is 118 Å². The number of esters is 1. The molecule has 0 unspecified atom stereocenters. The largest absolute Gasteiger partial charge is 0.463 e. The first kappa shape index (κ1) is 25.4. The van der Waals surface area contributed by atoms with Crippen LogP contribution in [-0.2, 0) is 9.53 Å². The molecule has 9 nitrogen and oxygen atoms in total. The molecule has 2 aromatic heterocycles. The summed E-state index contributed by atoms with van der Waals surface area (Å²) in [5.74, 6) is 0.233. The highest BCUT2D eigenvalue weighted by atomic mass is 35.5. The lowest BCUT2D eigenvalue weighted by atomic mass is 9.96. The van der Waals surface area contributed by atoms with E-state index in [0.717, 1.165) is 5.56 Å². The Morgan fingerprint density at radius 2 is 2.00 bits per heavy atom. The average molecular weight is 550 g/mol.